The van der Waals surface area contributed by atoms with Crippen molar-refractivity contribution in [3.8, 4) is 11.4 Å². The molecule has 1 aliphatic rings. The van der Waals surface area contributed by atoms with Crippen molar-refractivity contribution in [2.24, 2.45) is 5.92 Å². The van der Waals surface area contributed by atoms with Crippen molar-refractivity contribution in [1.82, 2.24) is 24.8 Å². The summed E-state index contributed by atoms with van der Waals surface area (Å²) in [6.45, 7) is 4.21. The molecule has 7 nitrogen and oxygen atoms in total. The monoisotopic (exact) mass is 458 g/mol. The summed E-state index contributed by atoms with van der Waals surface area (Å²) < 4.78 is 14.5. The van der Waals surface area contributed by atoms with E-state index in [1.807, 2.05) is 49.4 Å². The van der Waals surface area contributed by atoms with Gasteiger partial charge in [-0.05, 0) is 44.4 Å². The van der Waals surface area contributed by atoms with E-state index in [-0.39, 0.29) is 23.6 Å². The minimum atomic E-state index is -0.484. The van der Waals surface area contributed by atoms with Gasteiger partial charge in [0.25, 0.3) is 0 Å². The smallest absolute Gasteiger partial charge is 0.183 e. The Balaban J connectivity index is 1.26. The molecule has 2 atom stereocenters. The van der Waals surface area contributed by atoms with Crippen LogP contribution in [-0.2, 0) is 0 Å². The van der Waals surface area contributed by atoms with Crippen molar-refractivity contribution >= 4 is 22.6 Å². The molecule has 174 valence electrons. The second-order valence-corrected chi connectivity index (χ2v) is 8.78. The van der Waals surface area contributed by atoms with Crippen LogP contribution in [0, 0.1) is 11.7 Å². The molecule has 0 aliphatic carbocycles. The molecule has 4 heterocycles. The van der Waals surface area contributed by atoms with Gasteiger partial charge < -0.3 is 10.3 Å². The number of piperidine rings is 1. The minimum absolute atomic E-state index is 0.133. The molecule has 1 unspecified atom stereocenters. The quantitative estimate of drug-likeness (QED) is 0.395. The normalized spacial score (nSPS) is 17.5. The standard InChI is InChI=1S/C26H27FN6O/c1-17(23(34)19-8-3-2-4-9-19)33-12-6-7-18(16-33)13-29-26-22(27)15-31-25(32-26)21-14-30-24-20(21)10-5-11-28-24/h2-5,8-11,14-15,17-18H,6-7,12-13,16H2,1H3,(H,28,30)(H,29,31,32)/t17-,18?/m1/s1. The number of likely N-dealkylation sites (tertiary alicyclic amines) is 1. The lowest BCUT2D eigenvalue weighted by molar-refractivity contribution is 0.0761. The lowest BCUT2D eigenvalue weighted by Crippen LogP contribution is -2.46. The van der Waals surface area contributed by atoms with Gasteiger partial charge in [0.2, 0.25) is 0 Å². The lowest BCUT2D eigenvalue weighted by atomic mass is 9.95. The number of hydrogen-bond donors (Lipinski definition) is 2. The Morgan fingerprint density at radius 1 is 1.24 bits per heavy atom. The number of halogens is 1. The Morgan fingerprint density at radius 2 is 2.09 bits per heavy atom. The number of aromatic nitrogens is 4. The second-order valence-electron chi connectivity index (χ2n) is 8.78. The number of carbonyl (C=O) groups excluding carboxylic acids is 1. The summed E-state index contributed by atoms with van der Waals surface area (Å²) in [4.78, 5) is 31.2. The van der Waals surface area contributed by atoms with Crippen LogP contribution in [0.2, 0.25) is 0 Å². The zero-order valence-electron chi connectivity index (χ0n) is 19.0. The molecule has 34 heavy (non-hydrogen) atoms. The Kier molecular flexibility index (Phi) is 6.31. The van der Waals surface area contributed by atoms with Gasteiger partial charge in [0.15, 0.2) is 23.2 Å². The number of ketones is 1. The zero-order valence-corrected chi connectivity index (χ0v) is 19.0. The fourth-order valence-electron chi connectivity index (χ4n) is 4.63. The zero-order chi connectivity index (χ0) is 23.5. The molecule has 4 aromatic rings. The molecular formula is C26H27FN6O. The first-order valence-electron chi connectivity index (χ1n) is 11.6. The Bertz CT molecular complexity index is 1290. The average Bonchev–Trinajstić information content (AvgIpc) is 3.32. The second kappa shape index (κ2) is 9.69. The number of carbonyl (C=O) groups is 1. The summed E-state index contributed by atoms with van der Waals surface area (Å²) >= 11 is 0. The molecule has 1 aliphatic heterocycles. The van der Waals surface area contributed by atoms with Gasteiger partial charge in [-0.2, -0.15) is 0 Å². The van der Waals surface area contributed by atoms with E-state index in [0.29, 0.717) is 12.4 Å². The maximum atomic E-state index is 14.5. The molecular weight excluding hydrogens is 431 g/mol. The largest absolute Gasteiger partial charge is 0.367 e. The van der Waals surface area contributed by atoms with E-state index in [0.717, 1.165) is 48.1 Å². The Morgan fingerprint density at radius 3 is 2.94 bits per heavy atom. The fourth-order valence-corrected chi connectivity index (χ4v) is 4.63. The van der Waals surface area contributed by atoms with Crippen molar-refractivity contribution in [1.29, 1.82) is 0 Å². The molecule has 1 saturated heterocycles. The van der Waals surface area contributed by atoms with Crippen molar-refractivity contribution in [2.45, 2.75) is 25.8 Å². The van der Waals surface area contributed by atoms with Crippen LogP contribution in [0.15, 0.2) is 61.1 Å². The third kappa shape index (κ3) is 4.54. The maximum Gasteiger partial charge on any atom is 0.183 e. The summed E-state index contributed by atoms with van der Waals surface area (Å²) in [6.07, 6.45) is 6.72. The predicted molar refractivity (Wildman–Crippen MR) is 130 cm³/mol. The van der Waals surface area contributed by atoms with Gasteiger partial charge >= 0.3 is 0 Å². The number of pyridine rings is 1. The maximum absolute atomic E-state index is 14.5. The van der Waals surface area contributed by atoms with Crippen LogP contribution in [0.5, 0.6) is 0 Å². The van der Waals surface area contributed by atoms with Crippen molar-refractivity contribution in [2.75, 3.05) is 25.0 Å². The van der Waals surface area contributed by atoms with Gasteiger partial charge in [-0.3, -0.25) is 9.69 Å². The number of Topliss-reactive ketones (excluding diaryl/α,β-unsaturated/α-hetero) is 1. The Hall–Kier alpha value is -3.65. The van der Waals surface area contributed by atoms with E-state index >= 15 is 0 Å². The highest BCUT2D eigenvalue weighted by atomic mass is 19.1. The number of H-pyrrole nitrogens is 1. The van der Waals surface area contributed by atoms with Crippen LogP contribution >= 0.6 is 0 Å². The highest BCUT2D eigenvalue weighted by molar-refractivity contribution is 5.99. The average molecular weight is 459 g/mol. The third-order valence-corrected chi connectivity index (χ3v) is 6.53. The summed E-state index contributed by atoms with van der Waals surface area (Å²) in [5.74, 6) is 0.565. The first kappa shape index (κ1) is 22.2. The van der Waals surface area contributed by atoms with E-state index in [1.54, 1.807) is 12.4 Å². The molecule has 8 heteroatoms. The lowest BCUT2D eigenvalue weighted by Gasteiger charge is -2.36. The number of aromatic amines is 1. The van der Waals surface area contributed by atoms with Crippen molar-refractivity contribution in [3.05, 3.63) is 72.4 Å². The van der Waals surface area contributed by atoms with Gasteiger partial charge in [0, 0.05) is 42.0 Å². The SMILES string of the molecule is C[C@H](C(=O)c1ccccc1)N1CCCC(CNc2nc(-c3c[nH]c4ncccc34)ncc2F)C1. The van der Waals surface area contributed by atoms with Crippen LogP contribution in [-0.4, -0.2) is 56.3 Å². The van der Waals surface area contributed by atoms with E-state index in [1.165, 1.54) is 6.20 Å². The fraction of sp³-hybridized carbons (Fsp3) is 0.308. The molecule has 0 spiro atoms. The molecule has 2 N–H and O–H groups in total. The predicted octanol–water partition coefficient (Wildman–Crippen LogP) is 4.55. The molecule has 0 radical (unpaired) electrons. The van der Waals surface area contributed by atoms with Gasteiger partial charge in [-0.25, -0.2) is 19.3 Å². The van der Waals surface area contributed by atoms with E-state index in [9.17, 15) is 9.18 Å². The summed E-state index contributed by atoms with van der Waals surface area (Å²) in [6, 6.07) is 13.0. The Labute approximate surface area is 197 Å². The van der Waals surface area contributed by atoms with E-state index in [2.05, 4.69) is 30.2 Å². The third-order valence-electron chi connectivity index (χ3n) is 6.53. The van der Waals surface area contributed by atoms with E-state index in [4.69, 9.17) is 0 Å². The van der Waals surface area contributed by atoms with Crippen LogP contribution in [0.1, 0.15) is 30.1 Å². The van der Waals surface area contributed by atoms with Crippen LogP contribution < -0.4 is 5.32 Å². The number of fused-ring (bicyclic) bond motifs is 1. The van der Waals surface area contributed by atoms with Crippen LogP contribution in [0.3, 0.4) is 0 Å². The molecule has 0 saturated carbocycles. The topological polar surface area (TPSA) is 86.8 Å². The molecule has 3 aromatic heterocycles. The van der Waals surface area contributed by atoms with Gasteiger partial charge in [0.05, 0.1) is 12.2 Å². The molecule has 0 amide bonds. The molecule has 1 aromatic carbocycles. The first-order valence-corrected chi connectivity index (χ1v) is 11.6. The highest BCUT2D eigenvalue weighted by Crippen LogP contribution is 2.27. The first-order chi connectivity index (χ1) is 16.6. The molecule has 5 rings (SSSR count). The van der Waals surface area contributed by atoms with Gasteiger partial charge in [0.1, 0.15) is 5.65 Å². The van der Waals surface area contributed by atoms with E-state index < -0.39 is 5.82 Å². The highest BCUT2D eigenvalue weighted by Gasteiger charge is 2.28. The van der Waals surface area contributed by atoms with Gasteiger partial charge in [-0.15, -0.1) is 0 Å². The number of rotatable bonds is 7. The summed E-state index contributed by atoms with van der Waals surface area (Å²) in [5.41, 5.74) is 2.25. The minimum Gasteiger partial charge on any atom is -0.367 e. The number of nitrogens with zero attached hydrogens (tertiary/aromatic N) is 4. The summed E-state index contributed by atoms with van der Waals surface area (Å²) in [5, 5.41) is 4.08. The number of benzene rings is 1. The number of nitrogens with one attached hydrogen (secondary N) is 2. The van der Waals surface area contributed by atoms with Crippen molar-refractivity contribution < 1.29 is 9.18 Å². The molecule has 1 fully saturated rings. The number of hydrogen-bond acceptors (Lipinski definition) is 6. The van der Waals surface area contributed by atoms with Gasteiger partial charge in [-0.1, -0.05) is 30.3 Å². The van der Waals surface area contributed by atoms with Crippen LogP contribution in [0.4, 0.5) is 10.2 Å². The number of anilines is 1. The summed E-state index contributed by atoms with van der Waals surface area (Å²) in [7, 11) is 0. The van der Waals surface area contributed by atoms with Crippen molar-refractivity contribution in [3.63, 3.8) is 0 Å². The van der Waals surface area contributed by atoms with Crippen LogP contribution in [0.25, 0.3) is 22.4 Å². The molecule has 0 bridgehead atoms.